The lowest BCUT2D eigenvalue weighted by molar-refractivity contribution is 0.593. The van der Waals surface area contributed by atoms with Crippen molar-refractivity contribution in [1.29, 1.82) is 5.26 Å². The van der Waals surface area contributed by atoms with Gasteiger partial charge in [-0.3, -0.25) is 0 Å². The van der Waals surface area contributed by atoms with Crippen molar-refractivity contribution < 1.29 is 4.57 Å². The second-order valence-electron chi connectivity index (χ2n) is 1.04. The van der Waals surface area contributed by atoms with Crippen LogP contribution in [0.25, 0.3) is 0 Å². The second kappa shape index (κ2) is 2.93. The monoisotopic (exact) mass is 103 g/mol. The molecule has 0 aliphatic heterocycles. The van der Waals surface area contributed by atoms with Gasteiger partial charge in [-0.15, -0.1) is 0 Å². The largest absolute Gasteiger partial charge is 0.326 e. The van der Waals surface area contributed by atoms with Crippen molar-refractivity contribution in [2.75, 3.05) is 12.8 Å². The van der Waals surface area contributed by atoms with Gasteiger partial charge in [0.2, 0.25) is 0 Å². The van der Waals surface area contributed by atoms with Crippen LogP contribution in [0.1, 0.15) is 0 Å². The molecule has 0 aliphatic rings. The predicted octanol–water partition coefficient (Wildman–Crippen LogP) is 0.699. The van der Waals surface area contributed by atoms with Crippen LogP contribution in [0.3, 0.4) is 0 Å². The van der Waals surface area contributed by atoms with E-state index in [1.165, 1.54) is 0 Å². The van der Waals surface area contributed by atoms with E-state index in [4.69, 9.17) is 5.26 Å². The van der Waals surface area contributed by atoms with Crippen LogP contribution in [-0.4, -0.2) is 12.8 Å². The summed E-state index contributed by atoms with van der Waals surface area (Å²) in [7, 11) is -1.50. The highest BCUT2D eigenvalue weighted by Crippen LogP contribution is 2.09. The lowest BCUT2D eigenvalue weighted by Crippen LogP contribution is -1.61. The third-order valence-electron chi connectivity index (χ3n) is 0.328. The second-order valence-corrected chi connectivity index (χ2v) is 2.79. The Bertz CT molecular complexity index is 93.5. The highest BCUT2D eigenvalue weighted by atomic mass is 31.1. The van der Waals surface area contributed by atoms with Gasteiger partial charge in [0.25, 0.3) is 0 Å². The Labute approximate surface area is 37.6 Å². The van der Waals surface area contributed by atoms with Gasteiger partial charge in [-0.1, -0.05) is 0 Å². The van der Waals surface area contributed by atoms with E-state index in [1.807, 2.05) is 0 Å². The number of rotatable bonds is 1. The van der Waals surface area contributed by atoms with Crippen molar-refractivity contribution in [3.05, 3.63) is 0 Å². The van der Waals surface area contributed by atoms with Crippen molar-refractivity contribution in [3.63, 3.8) is 0 Å². The first-order chi connectivity index (χ1) is 2.77. The minimum Gasteiger partial charge on any atom is -0.326 e. The standard InChI is InChI=1S/C3H6NOP/c1-6(5)3-2-4/h6H,3H2,1H3. The zero-order chi connectivity index (χ0) is 4.99. The molecule has 0 bridgehead atoms. The molecule has 34 valence electrons. The van der Waals surface area contributed by atoms with Gasteiger partial charge in [-0.25, -0.2) is 0 Å². The quantitative estimate of drug-likeness (QED) is 0.458. The molecule has 0 aromatic rings. The van der Waals surface area contributed by atoms with Crippen molar-refractivity contribution in [1.82, 2.24) is 0 Å². The molecule has 1 unspecified atom stereocenters. The van der Waals surface area contributed by atoms with E-state index in [0.29, 0.717) is 0 Å². The van der Waals surface area contributed by atoms with Gasteiger partial charge >= 0.3 is 0 Å². The Morgan fingerprint density at radius 1 is 2.00 bits per heavy atom. The molecule has 2 nitrogen and oxygen atoms in total. The topological polar surface area (TPSA) is 40.9 Å². The van der Waals surface area contributed by atoms with Crippen LogP contribution < -0.4 is 0 Å². The van der Waals surface area contributed by atoms with Crippen LogP contribution in [0.15, 0.2) is 0 Å². The highest BCUT2D eigenvalue weighted by molar-refractivity contribution is 7.44. The fraction of sp³-hybridized carbons (Fsp3) is 0.667. The van der Waals surface area contributed by atoms with Crippen molar-refractivity contribution in [3.8, 4) is 6.07 Å². The Hall–Kier alpha value is -0.280. The third-order valence-corrected chi connectivity index (χ3v) is 0.984. The molecule has 0 rings (SSSR count). The Morgan fingerprint density at radius 3 is 2.50 bits per heavy atom. The third kappa shape index (κ3) is 3.72. The van der Waals surface area contributed by atoms with Crippen LogP contribution in [0.5, 0.6) is 0 Å². The molecule has 0 amide bonds. The number of nitriles is 1. The zero-order valence-corrected chi connectivity index (χ0v) is 4.56. The fourth-order valence-electron chi connectivity index (χ4n) is 0.111. The van der Waals surface area contributed by atoms with E-state index in [9.17, 15) is 4.57 Å². The van der Waals surface area contributed by atoms with Gasteiger partial charge in [-0.2, -0.15) is 5.26 Å². The van der Waals surface area contributed by atoms with Crippen molar-refractivity contribution in [2.24, 2.45) is 0 Å². The summed E-state index contributed by atoms with van der Waals surface area (Å²) in [6.07, 6.45) is 0.227. The number of hydrogen-bond donors (Lipinski definition) is 0. The molecule has 0 aliphatic carbocycles. The summed E-state index contributed by atoms with van der Waals surface area (Å²) in [5.74, 6) is 0. The van der Waals surface area contributed by atoms with Gasteiger partial charge in [0.1, 0.15) is 0 Å². The summed E-state index contributed by atoms with van der Waals surface area (Å²) in [5.41, 5.74) is 0. The van der Waals surface area contributed by atoms with Crippen LogP contribution in [0, 0.1) is 11.3 Å². The smallest absolute Gasteiger partial charge is 0.0867 e. The Morgan fingerprint density at radius 2 is 2.50 bits per heavy atom. The van der Waals surface area contributed by atoms with Crippen LogP contribution >= 0.6 is 7.80 Å². The SMILES string of the molecule is C[PH](=O)CC#N. The molecular weight excluding hydrogens is 97.0 g/mol. The molecule has 0 aromatic heterocycles. The maximum Gasteiger partial charge on any atom is 0.0867 e. The van der Waals surface area contributed by atoms with E-state index < -0.39 is 7.80 Å². The Kier molecular flexibility index (Phi) is 2.80. The molecule has 0 spiro atoms. The van der Waals surface area contributed by atoms with Crippen molar-refractivity contribution in [2.45, 2.75) is 0 Å². The fourth-order valence-corrected chi connectivity index (χ4v) is 0.334. The lowest BCUT2D eigenvalue weighted by atomic mass is 10.9. The molecule has 3 heteroatoms. The minimum absolute atomic E-state index is 0.227. The first-order valence-corrected chi connectivity index (χ1v) is 3.75. The van der Waals surface area contributed by atoms with E-state index in [1.54, 1.807) is 12.7 Å². The normalized spacial score (nSPS) is 12.7. The first kappa shape index (κ1) is 5.72. The molecule has 0 N–H and O–H groups in total. The number of nitrogens with zero attached hydrogens (tertiary/aromatic N) is 1. The molecular formula is C3H6NOP. The summed E-state index contributed by atoms with van der Waals surface area (Å²) >= 11 is 0. The zero-order valence-electron chi connectivity index (χ0n) is 3.56. The first-order valence-electron chi connectivity index (χ1n) is 1.63. The van der Waals surface area contributed by atoms with E-state index in [-0.39, 0.29) is 6.16 Å². The van der Waals surface area contributed by atoms with Crippen LogP contribution in [0.4, 0.5) is 0 Å². The summed E-state index contributed by atoms with van der Waals surface area (Å²) in [4.78, 5) is 0. The van der Waals surface area contributed by atoms with E-state index >= 15 is 0 Å². The summed E-state index contributed by atoms with van der Waals surface area (Å²) in [5, 5.41) is 7.81. The van der Waals surface area contributed by atoms with Gasteiger partial charge in [0.15, 0.2) is 0 Å². The summed E-state index contributed by atoms with van der Waals surface area (Å²) in [6, 6.07) is 1.80. The average Bonchev–Trinajstić information content (AvgIpc) is 1.35. The molecule has 0 saturated heterocycles. The van der Waals surface area contributed by atoms with E-state index in [2.05, 4.69) is 0 Å². The summed E-state index contributed by atoms with van der Waals surface area (Å²) < 4.78 is 10.0. The van der Waals surface area contributed by atoms with E-state index in [0.717, 1.165) is 0 Å². The van der Waals surface area contributed by atoms with Crippen LogP contribution in [0.2, 0.25) is 0 Å². The van der Waals surface area contributed by atoms with Gasteiger partial charge in [0.05, 0.1) is 20.0 Å². The van der Waals surface area contributed by atoms with Gasteiger partial charge in [-0.05, 0) is 6.66 Å². The molecule has 0 radical (unpaired) electrons. The maximum atomic E-state index is 10.0. The minimum atomic E-state index is -1.50. The molecule has 0 heterocycles. The molecule has 6 heavy (non-hydrogen) atoms. The van der Waals surface area contributed by atoms with Crippen LogP contribution in [-0.2, 0) is 4.57 Å². The summed E-state index contributed by atoms with van der Waals surface area (Å²) in [6.45, 7) is 1.58. The molecule has 0 saturated carbocycles. The van der Waals surface area contributed by atoms with Gasteiger partial charge < -0.3 is 4.57 Å². The van der Waals surface area contributed by atoms with Gasteiger partial charge in [0, 0.05) is 0 Å². The molecule has 0 fully saturated rings. The average molecular weight is 103 g/mol. The highest BCUT2D eigenvalue weighted by Gasteiger charge is 1.80. The molecule has 1 atom stereocenters. The predicted molar refractivity (Wildman–Crippen MR) is 25.4 cm³/mol. The maximum absolute atomic E-state index is 10.0. The Balaban J connectivity index is 3.13. The number of hydrogen-bond acceptors (Lipinski definition) is 2. The van der Waals surface area contributed by atoms with Crippen molar-refractivity contribution >= 4 is 7.80 Å². The lowest BCUT2D eigenvalue weighted by Gasteiger charge is -1.72. The molecule has 0 aromatic carbocycles.